The number of nitrogens with two attached hydrogens (primary N) is 1. The Hall–Kier alpha value is -0.930. The molecule has 0 amide bonds. The number of carbonyl (C=O) groups excluding carboxylic acids is 1. The van der Waals surface area contributed by atoms with Crippen molar-refractivity contribution < 1.29 is 4.79 Å². The smallest absolute Gasteiger partial charge is 0.194 e. The van der Waals surface area contributed by atoms with Crippen LogP contribution in [0.4, 0.5) is 0 Å². The minimum atomic E-state index is -0.163. The van der Waals surface area contributed by atoms with Gasteiger partial charge in [0.1, 0.15) is 5.69 Å². The summed E-state index contributed by atoms with van der Waals surface area (Å²) in [7, 11) is 0. The highest BCUT2D eigenvalue weighted by Crippen LogP contribution is 2.11. The molecule has 0 bridgehead atoms. The van der Waals surface area contributed by atoms with E-state index in [0.29, 0.717) is 10.7 Å². The van der Waals surface area contributed by atoms with Gasteiger partial charge in [0.05, 0.1) is 11.6 Å². The monoisotopic (exact) mass is 184 g/mol. The Balaban J connectivity index is 3.09. The fraction of sp³-hybridized carbons (Fsp3) is 0.250. The molecule has 0 saturated heterocycles. The number of hydrogen-bond acceptors (Lipinski definition) is 3. The van der Waals surface area contributed by atoms with Gasteiger partial charge in [-0.2, -0.15) is 0 Å². The maximum absolute atomic E-state index is 11.1. The molecule has 0 radical (unpaired) electrons. The quantitative estimate of drug-likeness (QED) is 0.703. The molecule has 4 heteroatoms. The molecule has 0 unspecified atom stereocenters. The maximum atomic E-state index is 11.1. The van der Waals surface area contributed by atoms with Gasteiger partial charge in [-0.15, -0.1) is 0 Å². The third-order valence-electron chi connectivity index (χ3n) is 1.49. The summed E-state index contributed by atoms with van der Waals surface area (Å²) >= 11 is 5.66. The predicted molar refractivity (Wildman–Crippen MR) is 47.4 cm³/mol. The van der Waals surface area contributed by atoms with Gasteiger partial charge in [-0.25, -0.2) is 0 Å². The van der Waals surface area contributed by atoms with Crippen LogP contribution in [-0.4, -0.2) is 17.3 Å². The number of halogens is 1. The van der Waals surface area contributed by atoms with Gasteiger partial charge < -0.3 is 5.73 Å². The number of nitrogens with zero attached hydrogens (tertiary/aromatic N) is 1. The van der Waals surface area contributed by atoms with Gasteiger partial charge in [0.25, 0.3) is 0 Å². The van der Waals surface area contributed by atoms with Crippen LogP contribution in [0.5, 0.6) is 0 Å². The zero-order chi connectivity index (χ0) is 9.14. The lowest BCUT2D eigenvalue weighted by atomic mass is 10.1. The Morgan fingerprint density at radius 3 is 2.92 bits per heavy atom. The van der Waals surface area contributed by atoms with Gasteiger partial charge >= 0.3 is 0 Å². The molecule has 3 nitrogen and oxygen atoms in total. The van der Waals surface area contributed by atoms with E-state index in [2.05, 4.69) is 4.98 Å². The van der Waals surface area contributed by atoms with Gasteiger partial charge in [0.2, 0.25) is 0 Å². The van der Waals surface area contributed by atoms with E-state index in [0.717, 1.165) is 5.56 Å². The molecule has 64 valence electrons. The van der Waals surface area contributed by atoms with Crippen LogP contribution >= 0.6 is 11.6 Å². The van der Waals surface area contributed by atoms with E-state index in [-0.39, 0.29) is 12.3 Å². The maximum Gasteiger partial charge on any atom is 0.194 e. The molecule has 12 heavy (non-hydrogen) atoms. The number of ketones is 1. The van der Waals surface area contributed by atoms with Crippen LogP contribution < -0.4 is 5.73 Å². The zero-order valence-electron chi connectivity index (χ0n) is 6.67. The molecule has 1 aromatic heterocycles. The molecule has 0 aliphatic rings. The Morgan fingerprint density at radius 2 is 2.42 bits per heavy atom. The van der Waals surface area contributed by atoms with Crippen LogP contribution in [0.25, 0.3) is 0 Å². The second-order valence-electron chi connectivity index (χ2n) is 2.45. The lowest BCUT2D eigenvalue weighted by molar-refractivity contribution is 0.0996. The number of aromatic nitrogens is 1. The van der Waals surface area contributed by atoms with E-state index in [1.807, 2.05) is 0 Å². The summed E-state index contributed by atoms with van der Waals surface area (Å²) in [4.78, 5) is 15.0. The lowest BCUT2D eigenvalue weighted by Crippen LogP contribution is -2.16. The summed E-state index contributed by atoms with van der Waals surface area (Å²) in [5.41, 5.74) is 6.36. The van der Waals surface area contributed by atoms with Crippen LogP contribution in [0, 0.1) is 6.92 Å². The van der Waals surface area contributed by atoms with E-state index in [1.54, 1.807) is 13.0 Å². The van der Waals surface area contributed by atoms with Gasteiger partial charge in [-0.3, -0.25) is 9.78 Å². The van der Waals surface area contributed by atoms with Crippen LogP contribution in [0.3, 0.4) is 0 Å². The molecular weight excluding hydrogens is 176 g/mol. The minimum Gasteiger partial charge on any atom is -0.324 e. The third kappa shape index (κ3) is 1.81. The van der Waals surface area contributed by atoms with Crippen molar-refractivity contribution in [3.8, 4) is 0 Å². The van der Waals surface area contributed by atoms with Crippen molar-refractivity contribution in [3.63, 3.8) is 0 Å². The second kappa shape index (κ2) is 3.65. The summed E-state index contributed by atoms with van der Waals surface area (Å²) in [6, 6.07) is 1.69. The first-order valence-corrected chi connectivity index (χ1v) is 3.88. The first-order valence-electron chi connectivity index (χ1n) is 3.50. The summed E-state index contributed by atoms with van der Waals surface area (Å²) in [5, 5.41) is 0.529. The number of aryl methyl sites for hydroxylation is 1. The molecule has 0 aliphatic heterocycles. The largest absolute Gasteiger partial charge is 0.324 e. The van der Waals surface area contributed by atoms with Crippen LogP contribution in [0.1, 0.15) is 16.1 Å². The fourth-order valence-electron chi connectivity index (χ4n) is 0.929. The van der Waals surface area contributed by atoms with E-state index in [1.165, 1.54) is 6.20 Å². The average molecular weight is 185 g/mol. The van der Waals surface area contributed by atoms with Crippen LogP contribution in [0.2, 0.25) is 5.02 Å². The predicted octanol–water partition coefficient (Wildman–Crippen LogP) is 1.18. The summed E-state index contributed by atoms with van der Waals surface area (Å²) in [5.74, 6) is -0.163. The molecule has 0 spiro atoms. The van der Waals surface area contributed by atoms with Gasteiger partial charge in [-0.1, -0.05) is 11.6 Å². The SMILES string of the molecule is Cc1cc(Cl)cnc1C(=O)CN. The molecule has 0 saturated carbocycles. The summed E-state index contributed by atoms with van der Waals surface area (Å²) in [6.07, 6.45) is 1.44. The summed E-state index contributed by atoms with van der Waals surface area (Å²) in [6.45, 7) is 1.76. The Labute approximate surface area is 75.6 Å². The van der Waals surface area contributed by atoms with E-state index < -0.39 is 0 Å². The highest BCUT2D eigenvalue weighted by molar-refractivity contribution is 6.30. The molecule has 1 heterocycles. The van der Waals surface area contributed by atoms with Crippen molar-refractivity contribution in [2.45, 2.75) is 6.92 Å². The molecule has 2 N–H and O–H groups in total. The van der Waals surface area contributed by atoms with Gasteiger partial charge in [0.15, 0.2) is 5.78 Å². The van der Waals surface area contributed by atoms with Crippen molar-refractivity contribution in [2.75, 3.05) is 6.54 Å². The Bertz CT molecular complexity index is 312. The highest BCUT2D eigenvalue weighted by Gasteiger charge is 2.08. The van der Waals surface area contributed by atoms with E-state index >= 15 is 0 Å². The zero-order valence-corrected chi connectivity index (χ0v) is 7.43. The van der Waals surface area contributed by atoms with E-state index in [4.69, 9.17) is 17.3 Å². The van der Waals surface area contributed by atoms with Crippen LogP contribution in [-0.2, 0) is 0 Å². The van der Waals surface area contributed by atoms with Crippen molar-refractivity contribution in [1.29, 1.82) is 0 Å². The van der Waals surface area contributed by atoms with Crippen molar-refractivity contribution in [2.24, 2.45) is 5.73 Å². The molecule has 0 atom stereocenters. The number of hydrogen-bond donors (Lipinski definition) is 1. The standard InChI is InChI=1S/C8H9ClN2O/c1-5-2-6(9)4-11-8(5)7(12)3-10/h2,4H,3,10H2,1H3. The average Bonchev–Trinajstić information content (AvgIpc) is 2.03. The van der Waals surface area contributed by atoms with Crippen molar-refractivity contribution in [3.05, 3.63) is 28.5 Å². The molecular formula is C8H9ClN2O. The molecule has 0 aromatic carbocycles. The number of carbonyl (C=O) groups is 1. The molecule has 1 aromatic rings. The highest BCUT2D eigenvalue weighted by atomic mass is 35.5. The number of pyridine rings is 1. The molecule has 0 aliphatic carbocycles. The van der Waals surface area contributed by atoms with Crippen molar-refractivity contribution in [1.82, 2.24) is 4.98 Å². The first-order chi connectivity index (χ1) is 5.65. The minimum absolute atomic E-state index is 0.0184. The first kappa shape index (κ1) is 9.16. The van der Waals surface area contributed by atoms with Gasteiger partial charge in [0, 0.05) is 6.20 Å². The van der Waals surface area contributed by atoms with E-state index in [9.17, 15) is 4.79 Å². The summed E-state index contributed by atoms with van der Waals surface area (Å²) < 4.78 is 0. The molecule has 1 rings (SSSR count). The van der Waals surface area contributed by atoms with Crippen LogP contribution in [0.15, 0.2) is 12.3 Å². The molecule has 0 fully saturated rings. The lowest BCUT2D eigenvalue weighted by Gasteiger charge is -2.01. The topological polar surface area (TPSA) is 56.0 Å². The number of Topliss-reactive ketones (excluding diaryl/α,β-unsaturated/α-hetero) is 1. The third-order valence-corrected chi connectivity index (χ3v) is 1.70. The Kier molecular flexibility index (Phi) is 2.78. The normalized spacial score (nSPS) is 9.92. The second-order valence-corrected chi connectivity index (χ2v) is 2.88. The van der Waals surface area contributed by atoms with Crippen molar-refractivity contribution >= 4 is 17.4 Å². The Morgan fingerprint density at radius 1 is 1.75 bits per heavy atom. The van der Waals surface area contributed by atoms with Gasteiger partial charge in [-0.05, 0) is 18.6 Å². The fourth-order valence-corrected chi connectivity index (χ4v) is 1.14. The number of rotatable bonds is 2.